The summed E-state index contributed by atoms with van der Waals surface area (Å²) in [5.41, 5.74) is 0.622. The Kier molecular flexibility index (Phi) is 5.85. The highest BCUT2D eigenvalue weighted by Crippen LogP contribution is 2.26. The maximum atomic E-state index is 13.0. The summed E-state index contributed by atoms with van der Waals surface area (Å²) in [6, 6.07) is 16.5. The molecule has 1 aromatic heterocycles. The topological polar surface area (TPSA) is 51.2 Å². The molecule has 0 aliphatic carbocycles. The molecular formula is C19H13BrClFN2O2. The van der Waals surface area contributed by atoms with Crippen molar-refractivity contribution < 1.29 is 13.9 Å². The second-order valence-electron chi connectivity index (χ2n) is 5.35. The predicted molar refractivity (Wildman–Crippen MR) is 102 cm³/mol. The lowest BCUT2D eigenvalue weighted by molar-refractivity contribution is -0.123. The largest absolute Gasteiger partial charge is 0.476 e. The van der Waals surface area contributed by atoms with E-state index in [1.165, 1.54) is 12.1 Å². The van der Waals surface area contributed by atoms with Crippen molar-refractivity contribution >= 4 is 39.3 Å². The molecule has 4 nitrogen and oxygen atoms in total. The summed E-state index contributed by atoms with van der Waals surface area (Å²) in [6.45, 7) is 0. The molecular weight excluding hydrogens is 423 g/mol. The third kappa shape index (κ3) is 4.80. The molecule has 1 atom stereocenters. The maximum absolute atomic E-state index is 13.0. The highest BCUT2D eigenvalue weighted by Gasteiger charge is 2.23. The fourth-order valence-corrected chi connectivity index (χ4v) is 2.59. The number of amides is 1. The number of halogens is 3. The van der Waals surface area contributed by atoms with E-state index >= 15 is 0 Å². The molecule has 1 amide bonds. The molecule has 0 radical (unpaired) electrons. The van der Waals surface area contributed by atoms with Crippen LogP contribution in [0.15, 0.2) is 71.3 Å². The van der Waals surface area contributed by atoms with Crippen LogP contribution < -0.4 is 10.1 Å². The van der Waals surface area contributed by atoms with Crippen LogP contribution in [0.2, 0.25) is 5.02 Å². The molecule has 0 spiro atoms. The van der Waals surface area contributed by atoms with Gasteiger partial charge in [0.2, 0.25) is 6.10 Å². The van der Waals surface area contributed by atoms with Gasteiger partial charge in [-0.1, -0.05) is 39.7 Å². The summed E-state index contributed by atoms with van der Waals surface area (Å²) in [6.07, 6.45) is 0.1000. The number of carbonyl (C=O) groups is 1. The van der Waals surface area contributed by atoms with Crippen molar-refractivity contribution in [3.05, 3.63) is 87.7 Å². The number of rotatable bonds is 5. The molecule has 3 rings (SSSR count). The Morgan fingerprint density at radius 1 is 1.08 bits per heavy atom. The van der Waals surface area contributed by atoms with Gasteiger partial charge >= 0.3 is 0 Å². The van der Waals surface area contributed by atoms with Crippen molar-refractivity contribution in [2.24, 2.45) is 0 Å². The van der Waals surface area contributed by atoms with Crippen LogP contribution >= 0.6 is 27.5 Å². The number of hydrogen-bond acceptors (Lipinski definition) is 3. The van der Waals surface area contributed by atoms with Crippen LogP contribution in [0.4, 0.5) is 10.2 Å². The van der Waals surface area contributed by atoms with Crippen molar-refractivity contribution in [2.75, 3.05) is 5.32 Å². The summed E-state index contributed by atoms with van der Waals surface area (Å²) in [5.74, 6) is -0.164. The Balaban J connectivity index is 1.85. The quantitative estimate of drug-likeness (QED) is 0.584. The van der Waals surface area contributed by atoms with E-state index in [0.29, 0.717) is 16.3 Å². The van der Waals surface area contributed by atoms with Crippen molar-refractivity contribution in [3.63, 3.8) is 0 Å². The van der Waals surface area contributed by atoms with Crippen molar-refractivity contribution in [1.82, 2.24) is 4.98 Å². The number of aromatic nitrogens is 1. The Labute approximate surface area is 163 Å². The van der Waals surface area contributed by atoms with E-state index in [-0.39, 0.29) is 5.82 Å². The van der Waals surface area contributed by atoms with E-state index in [1.54, 1.807) is 36.4 Å². The fourth-order valence-electron chi connectivity index (χ4n) is 2.20. The molecule has 2 aromatic carbocycles. The minimum atomic E-state index is -0.930. The highest BCUT2D eigenvalue weighted by atomic mass is 79.9. The predicted octanol–water partition coefficient (Wildman–Crippen LogP) is 5.40. The number of nitrogens with one attached hydrogen (secondary N) is 1. The first kappa shape index (κ1) is 18.4. The van der Waals surface area contributed by atoms with E-state index in [9.17, 15) is 9.18 Å². The maximum Gasteiger partial charge on any atom is 0.271 e. The van der Waals surface area contributed by atoms with E-state index in [1.807, 2.05) is 12.1 Å². The molecule has 7 heteroatoms. The summed E-state index contributed by atoms with van der Waals surface area (Å²) in [7, 11) is 0. The average Bonchev–Trinajstić information content (AvgIpc) is 2.64. The third-order valence-corrected chi connectivity index (χ3v) is 4.24. The molecule has 132 valence electrons. The standard InChI is InChI=1S/C19H13BrClFN2O2/c20-13-3-8-16(9-4-13)26-18(12-1-5-14(21)6-2-12)19(25)24-17-10-7-15(22)11-23-17/h1-11,18H,(H,23,24,25). The van der Waals surface area contributed by atoms with Gasteiger partial charge in [-0.05, 0) is 48.5 Å². The highest BCUT2D eigenvalue weighted by molar-refractivity contribution is 9.10. The van der Waals surface area contributed by atoms with Gasteiger partial charge in [-0.3, -0.25) is 4.79 Å². The van der Waals surface area contributed by atoms with E-state index in [4.69, 9.17) is 16.3 Å². The molecule has 0 saturated heterocycles. The van der Waals surface area contributed by atoms with Gasteiger partial charge in [-0.15, -0.1) is 0 Å². The minimum Gasteiger partial charge on any atom is -0.476 e. The lowest BCUT2D eigenvalue weighted by Gasteiger charge is -2.19. The summed E-state index contributed by atoms with van der Waals surface area (Å²) < 4.78 is 19.8. The third-order valence-electron chi connectivity index (χ3n) is 3.46. The molecule has 0 saturated carbocycles. The Bertz CT molecular complexity index is 887. The van der Waals surface area contributed by atoms with Gasteiger partial charge in [0.1, 0.15) is 17.4 Å². The SMILES string of the molecule is O=C(Nc1ccc(F)cn1)C(Oc1ccc(Br)cc1)c1ccc(Cl)cc1. The van der Waals surface area contributed by atoms with Gasteiger partial charge in [0.05, 0.1) is 6.20 Å². The second-order valence-corrected chi connectivity index (χ2v) is 6.71. The zero-order valence-corrected chi connectivity index (χ0v) is 15.7. The van der Waals surface area contributed by atoms with Crippen molar-refractivity contribution in [1.29, 1.82) is 0 Å². The van der Waals surface area contributed by atoms with Crippen LogP contribution in [-0.4, -0.2) is 10.9 Å². The number of anilines is 1. The Morgan fingerprint density at radius 3 is 2.38 bits per heavy atom. The van der Waals surface area contributed by atoms with Crippen LogP contribution in [-0.2, 0) is 4.79 Å². The summed E-state index contributed by atoms with van der Waals surface area (Å²) in [4.78, 5) is 16.6. The fraction of sp³-hybridized carbons (Fsp3) is 0.0526. The molecule has 3 aromatic rings. The summed E-state index contributed by atoms with van der Waals surface area (Å²) >= 11 is 9.28. The number of pyridine rings is 1. The molecule has 1 N–H and O–H groups in total. The van der Waals surface area contributed by atoms with E-state index < -0.39 is 17.8 Å². The average molecular weight is 436 g/mol. The number of hydrogen-bond donors (Lipinski definition) is 1. The normalized spacial score (nSPS) is 11.7. The first-order valence-electron chi connectivity index (χ1n) is 7.61. The Morgan fingerprint density at radius 2 is 1.77 bits per heavy atom. The number of benzene rings is 2. The number of nitrogens with zero attached hydrogens (tertiary/aromatic N) is 1. The van der Waals surface area contributed by atoms with Crippen LogP contribution in [0.5, 0.6) is 5.75 Å². The van der Waals surface area contributed by atoms with E-state index in [2.05, 4.69) is 26.2 Å². The van der Waals surface area contributed by atoms with Crippen LogP contribution in [0.1, 0.15) is 11.7 Å². The summed E-state index contributed by atoms with van der Waals surface area (Å²) in [5, 5.41) is 3.18. The first-order valence-corrected chi connectivity index (χ1v) is 8.78. The molecule has 26 heavy (non-hydrogen) atoms. The van der Waals surface area contributed by atoms with Crippen molar-refractivity contribution in [3.8, 4) is 5.75 Å². The molecule has 0 aliphatic rings. The first-order chi connectivity index (χ1) is 12.5. The lowest BCUT2D eigenvalue weighted by atomic mass is 10.1. The molecule has 1 unspecified atom stereocenters. The van der Waals surface area contributed by atoms with Gasteiger partial charge in [-0.2, -0.15) is 0 Å². The van der Waals surface area contributed by atoms with Gasteiger partial charge < -0.3 is 10.1 Å². The zero-order valence-electron chi connectivity index (χ0n) is 13.3. The van der Waals surface area contributed by atoms with Crippen LogP contribution in [0.25, 0.3) is 0 Å². The van der Waals surface area contributed by atoms with Gasteiger partial charge in [0.25, 0.3) is 5.91 Å². The number of carbonyl (C=O) groups excluding carboxylic acids is 1. The lowest BCUT2D eigenvalue weighted by Crippen LogP contribution is -2.26. The van der Waals surface area contributed by atoms with Crippen molar-refractivity contribution in [2.45, 2.75) is 6.10 Å². The molecule has 0 fully saturated rings. The second kappa shape index (κ2) is 8.29. The zero-order chi connectivity index (χ0) is 18.5. The minimum absolute atomic E-state index is 0.231. The molecule has 0 bridgehead atoms. The van der Waals surface area contributed by atoms with Gasteiger partial charge in [-0.25, -0.2) is 9.37 Å². The van der Waals surface area contributed by atoms with E-state index in [0.717, 1.165) is 10.7 Å². The Hall–Kier alpha value is -2.44. The van der Waals surface area contributed by atoms with Gasteiger partial charge in [0.15, 0.2) is 0 Å². The smallest absolute Gasteiger partial charge is 0.271 e. The van der Waals surface area contributed by atoms with Crippen LogP contribution in [0, 0.1) is 5.82 Å². The van der Waals surface area contributed by atoms with Gasteiger partial charge in [0, 0.05) is 15.1 Å². The molecule has 1 heterocycles. The number of ether oxygens (including phenoxy) is 1. The monoisotopic (exact) mass is 434 g/mol. The molecule has 0 aliphatic heterocycles. The van der Waals surface area contributed by atoms with Crippen LogP contribution in [0.3, 0.4) is 0 Å².